The van der Waals surface area contributed by atoms with Crippen molar-refractivity contribution in [1.82, 2.24) is 15.1 Å². The van der Waals surface area contributed by atoms with Crippen LogP contribution < -0.4 is 5.32 Å². The second-order valence-corrected chi connectivity index (χ2v) is 5.66. The molecule has 0 atom stereocenters. The highest BCUT2D eigenvalue weighted by Gasteiger charge is 2.28. The Balaban J connectivity index is 1.68. The Morgan fingerprint density at radius 1 is 1.26 bits per heavy atom. The van der Waals surface area contributed by atoms with Crippen LogP contribution in [-0.2, 0) is 4.79 Å². The molecular weight excluding hydrogens is 246 g/mol. The Morgan fingerprint density at radius 3 is 2.47 bits per heavy atom. The number of hydrogen-bond acceptors (Lipinski definition) is 3. The molecule has 0 aromatic heterocycles. The Bertz CT molecular complexity index is 340. The van der Waals surface area contributed by atoms with Crippen molar-refractivity contribution in [3.05, 3.63) is 0 Å². The van der Waals surface area contributed by atoms with E-state index in [0.717, 1.165) is 19.4 Å². The Labute approximate surface area is 113 Å². The fourth-order valence-electron chi connectivity index (χ4n) is 2.14. The third-order valence-electron chi connectivity index (χ3n) is 3.70. The van der Waals surface area contributed by atoms with E-state index in [-0.39, 0.29) is 12.6 Å². The van der Waals surface area contributed by atoms with Gasteiger partial charge in [0.2, 0.25) is 0 Å². The molecule has 2 aliphatic rings. The molecule has 2 saturated carbocycles. The van der Waals surface area contributed by atoms with E-state index in [2.05, 4.69) is 17.3 Å². The fraction of sp³-hybridized carbons (Fsp3) is 0.846. The van der Waals surface area contributed by atoms with Crippen molar-refractivity contribution in [2.45, 2.75) is 31.7 Å². The first kappa shape index (κ1) is 14.1. The number of carboxylic acid groups (broad SMARTS) is 1. The summed E-state index contributed by atoms with van der Waals surface area (Å²) in [5.41, 5.74) is 0. The SMILES string of the molecule is CN(CCNC(=O)N(CC(=O)O)CC1CC1)C1CC1. The summed E-state index contributed by atoms with van der Waals surface area (Å²) in [6.45, 7) is 1.75. The van der Waals surface area contributed by atoms with Crippen molar-refractivity contribution < 1.29 is 14.7 Å². The van der Waals surface area contributed by atoms with Gasteiger partial charge in [-0.25, -0.2) is 4.79 Å². The highest BCUT2D eigenvalue weighted by Crippen LogP contribution is 2.29. The lowest BCUT2D eigenvalue weighted by atomic mass is 10.3. The molecule has 0 heterocycles. The number of carboxylic acids is 1. The molecule has 19 heavy (non-hydrogen) atoms. The van der Waals surface area contributed by atoms with Gasteiger partial charge < -0.3 is 20.2 Å². The molecule has 2 fully saturated rings. The van der Waals surface area contributed by atoms with E-state index in [9.17, 15) is 9.59 Å². The number of nitrogens with zero attached hydrogens (tertiary/aromatic N) is 2. The third-order valence-corrected chi connectivity index (χ3v) is 3.70. The van der Waals surface area contributed by atoms with Crippen LogP contribution in [0.1, 0.15) is 25.7 Å². The summed E-state index contributed by atoms with van der Waals surface area (Å²) in [5.74, 6) is -0.454. The van der Waals surface area contributed by atoms with Crippen LogP contribution in [0, 0.1) is 5.92 Å². The first-order valence-corrected chi connectivity index (χ1v) is 7.01. The standard InChI is InChI=1S/C13H23N3O3/c1-15(11-4-5-11)7-6-14-13(19)16(9-12(17)18)8-10-2-3-10/h10-11H,2-9H2,1H3,(H,14,19)(H,17,18). The van der Waals surface area contributed by atoms with Crippen LogP contribution in [-0.4, -0.2) is 66.2 Å². The zero-order chi connectivity index (χ0) is 13.8. The molecule has 6 nitrogen and oxygen atoms in total. The summed E-state index contributed by atoms with van der Waals surface area (Å²) < 4.78 is 0. The maximum Gasteiger partial charge on any atom is 0.323 e. The second kappa shape index (κ2) is 6.23. The average molecular weight is 269 g/mol. The molecule has 0 aliphatic heterocycles. The molecule has 0 spiro atoms. The first-order chi connectivity index (χ1) is 9.06. The minimum atomic E-state index is -0.953. The van der Waals surface area contributed by atoms with Gasteiger partial charge in [-0.3, -0.25) is 4.79 Å². The zero-order valence-electron chi connectivity index (χ0n) is 11.5. The molecule has 0 radical (unpaired) electrons. The van der Waals surface area contributed by atoms with Crippen molar-refractivity contribution in [3.8, 4) is 0 Å². The summed E-state index contributed by atoms with van der Waals surface area (Å²) in [6, 6.07) is 0.428. The number of likely N-dealkylation sites (N-methyl/N-ethyl adjacent to an activating group) is 1. The number of amides is 2. The molecule has 0 saturated heterocycles. The Hall–Kier alpha value is -1.30. The zero-order valence-corrected chi connectivity index (χ0v) is 11.5. The molecule has 0 unspecified atom stereocenters. The smallest absolute Gasteiger partial charge is 0.323 e. The van der Waals surface area contributed by atoms with Gasteiger partial charge in [-0.05, 0) is 38.6 Å². The number of rotatable bonds is 8. The Morgan fingerprint density at radius 2 is 1.95 bits per heavy atom. The van der Waals surface area contributed by atoms with Crippen LogP contribution in [0.15, 0.2) is 0 Å². The summed E-state index contributed by atoms with van der Waals surface area (Å²) in [7, 11) is 2.06. The van der Waals surface area contributed by atoms with Crippen LogP contribution in [0.4, 0.5) is 4.79 Å². The number of hydrogen-bond donors (Lipinski definition) is 2. The first-order valence-electron chi connectivity index (χ1n) is 7.01. The van der Waals surface area contributed by atoms with Crippen molar-refractivity contribution in [2.75, 3.05) is 33.2 Å². The predicted molar refractivity (Wildman–Crippen MR) is 71.0 cm³/mol. The van der Waals surface area contributed by atoms with Gasteiger partial charge in [0, 0.05) is 25.7 Å². The number of carbonyl (C=O) groups is 2. The van der Waals surface area contributed by atoms with Crippen LogP contribution >= 0.6 is 0 Å². The maximum atomic E-state index is 11.9. The van der Waals surface area contributed by atoms with Gasteiger partial charge in [0.25, 0.3) is 0 Å². The van der Waals surface area contributed by atoms with Gasteiger partial charge in [-0.15, -0.1) is 0 Å². The largest absolute Gasteiger partial charge is 0.480 e. The van der Waals surface area contributed by atoms with Crippen LogP contribution in [0.3, 0.4) is 0 Å². The molecule has 0 aromatic rings. The van der Waals surface area contributed by atoms with E-state index in [0.29, 0.717) is 25.0 Å². The van der Waals surface area contributed by atoms with Crippen LogP contribution in [0.5, 0.6) is 0 Å². The minimum absolute atomic E-state index is 0.208. The predicted octanol–water partition coefficient (Wildman–Crippen LogP) is 0.587. The molecule has 0 bridgehead atoms. The van der Waals surface area contributed by atoms with E-state index in [1.165, 1.54) is 17.7 Å². The molecule has 2 amide bonds. The molecule has 2 N–H and O–H groups in total. The van der Waals surface area contributed by atoms with Gasteiger partial charge in [0.05, 0.1) is 0 Å². The number of urea groups is 1. The van der Waals surface area contributed by atoms with Crippen molar-refractivity contribution in [3.63, 3.8) is 0 Å². The highest BCUT2D eigenvalue weighted by atomic mass is 16.4. The van der Waals surface area contributed by atoms with Crippen LogP contribution in [0.25, 0.3) is 0 Å². The van der Waals surface area contributed by atoms with Gasteiger partial charge in [0.1, 0.15) is 6.54 Å². The number of nitrogens with one attached hydrogen (secondary N) is 1. The van der Waals surface area contributed by atoms with Gasteiger partial charge in [0.15, 0.2) is 0 Å². The van der Waals surface area contributed by atoms with E-state index in [1.54, 1.807) is 0 Å². The Kier molecular flexibility index (Phi) is 4.63. The van der Waals surface area contributed by atoms with Gasteiger partial charge in [-0.2, -0.15) is 0 Å². The molecule has 108 valence electrons. The summed E-state index contributed by atoms with van der Waals surface area (Å²) in [6.07, 6.45) is 4.70. The van der Waals surface area contributed by atoms with E-state index >= 15 is 0 Å². The fourth-order valence-corrected chi connectivity index (χ4v) is 2.14. The maximum absolute atomic E-state index is 11.9. The van der Waals surface area contributed by atoms with Crippen molar-refractivity contribution >= 4 is 12.0 Å². The lowest BCUT2D eigenvalue weighted by molar-refractivity contribution is -0.137. The number of carbonyl (C=O) groups excluding carboxylic acids is 1. The average Bonchev–Trinajstić information content (AvgIpc) is 3.20. The lowest BCUT2D eigenvalue weighted by Crippen LogP contribution is -2.45. The quantitative estimate of drug-likeness (QED) is 0.676. The van der Waals surface area contributed by atoms with E-state index < -0.39 is 5.97 Å². The molecule has 2 aliphatic carbocycles. The minimum Gasteiger partial charge on any atom is -0.480 e. The van der Waals surface area contributed by atoms with E-state index in [1.807, 2.05) is 0 Å². The normalized spacial score (nSPS) is 18.4. The monoisotopic (exact) mass is 269 g/mol. The second-order valence-electron chi connectivity index (χ2n) is 5.66. The highest BCUT2D eigenvalue weighted by molar-refractivity contribution is 5.80. The van der Waals surface area contributed by atoms with E-state index in [4.69, 9.17) is 5.11 Å². The summed E-state index contributed by atoms with van der Waals surface area (Å²) in [4.78, 5) is 26.4. The lowest BCUT2D eigenvalue weighted by Gasteiger charge is -2.22. The summed E-state index contributed by atoms with van der Waals surface area (Å²) in [5, 5.41) is 11.6. The molecule has 2 rings (SSSR count). The van der Waals surface area contributed by atoms with Gasteiger partial charge in [-0.1, -0.05) is 0 Å². The molecule has 0 aromatic carbocycles. The van der Waals surface area contributed by atoms with Crippen molar-refractivity contribution in [2.24, 2.45) is 5.92 Å². The topological polar surface area (TPSA) is 72.9 Å². The summed E-state index contributed by atoms with van der Waals surface area (Å²) >= 11 is 0. The molecule has 6 heteroatoms. The third kappa shape index (κ3) is 5.06. The number of aliphatic carboxylic acids is 1. The van der Waals surface area contributed by atoms with Crippen molar-refractivity contribution in [1.29, 1.82) is 0 Å². The molecular formula is C13H23N3O3. The van der Waals surface area contributed by atoms with Gasteiger partial charge >= 0.3 is 12.0 Å². The van der Waals surface area contributed by atoms with Crippen LogP contribution in [0.2, 0.25) is 0 Å².